The van der Waals surface area contributed by atoms with Gasteiger partial charge in [0.05, 0.1) is 31.7 Å². The molecule has 0 bridgehead atoms. The molecule has 0 unspecified atom stereocenters. The van der Waals surface area contributed by atoms with E-state index in [0.29, 0.717) is 34.8 Å². The molecule has 2 N–H and O–H groups in total. The number of fused-ring (bicyclic) bond motifs is 1. The molecule has 4 rings (SSSR count). The van der Waals surface area contributed by atoms with Crippen LogP contribution in [0.25, 0.3) is 10.9 Å². The van der Waals surface area contributed by atoms with Gasteiger partial charge < -0.3 is 24.5 Å². The molecule has 0 radical (unpaired) electrons. The van der Waals surface area contributed by atoms with Gasteiger partial charge >= 0.3 is 0 Å². The average molecular weight is 396 g/mol. The highest BCUT2D eigenvalue weighted by Gasteiger charge is 2.19. The van der Waals surface area contributed by atoms with E-state index >= 15 is 0 Å². The van der Waals surface area contributed by atoms with Crippen LogP contribution in [0.2, 0.25) is 0 Å². The van der Waals surface area contributed by atoms with Crippen LogP contribution in [0, 0.1) is 0 Å². The molecule has 1 aliphatic rings. The van der Waals surface area contributed by atoms with Crippen LogP contribution in [-0.2, 0) is 6.54 Å². The number of benzene rings is 2. The van der Waals surface area contributed by atoms with Gasteiger partial charge in [-0.1, -0.05) is 0 Å². The van der Waals surface area contributed by atoms with Crippen molar-refractivity contribution < 1.29 is 14.6 Å². The number of phenolic OH excluding ortho intramolecular Hbond substituents is 1. The topological polar surface area (TPSA) is 90.9 Å². The first-order valence-electron chi connectivity index (χ1n) is 9.48. The van der Waals surface area contributed by atoms with Gasteiger partial charge in [0.25, 0.3) is 5.56 Å². The zero-order valence-electron chi connectivity index (χ0n) is 16.5. The van der Waals surface area contributed by atoms with Crippen LogP contribution in [-0.4, -0.2) is 60.4 Å². The molecule has 0 aliphatic carbocycles. The Morgan fingerprint density at radius 2 is 1.69 bits per heavy atom. The molecule has 29 heavy (non-hydrogen) atoms. The smallest absolute Gasteiger partial charge is 0.258 e. The second-order valence-electron chi connectivity index (χ2n) is 7.02. The maximum absolute atomic E-state index is 12.5. The summed E-state index contributed by atoms with van der Waals surface area (Å²) in [5, 5.41) is 9.92. The van der Waals surface area contributed by atoms with E-state index in [-0.39, 0.29) is 11.3 Å². The lowest BCUT2D eigenvalue weighted by atomic mass is 10.2. The van der Waals surface area contributed by atoms with E-state index in [1.54, 1.807) is 31.4 Å². The number of phenols is 1. The minimum Gasteiger partial charge on any atom is -0.508 e. The highest BCUT2D eigenvalue weighted by molar-refractivity contribution is 5.81. The molecule has 3 aromatic rings. The van der Waals surface area contributed by atoms with Crippen LogP contribution in [0.3, 0.4) is 0 Å². The summed E-state index contributed by atoms with van der Waals surface area (Å²) in [6.45, 7) is 4.02. The number of aromatic hydroxyl groups is 1. The van der Waals surface area contributed by atoms with Crippen molar-refractivity contribution in [3.63, 3.8) is 0 Å². The fourth-order valence-electron chi connectivity index (χ4n) is 3.63. The molecule has 8 heteroatoms. The Morgan fingerprint density at radius 1 is 1.03 bits per heavy atom. The fraction of sp³-hybridized carbons (Fsp3) is 0.333. The zero-order valence-corrected chi connectivity index (χ0v) is 16.5. The first-order chi connectivity index (χ1) is 14.1. The number of rotatable bonds is 5. The minimum absolute atomic E-state index is 0.186. The van der Waals surface area contributed by atoms with E-state index in [1.807, 2.05) is 12.1 Å². The summed E-state index contributed by atoms with van der Waals surface area (Å²) in [5.41, 5.74) is 1.50. The van der Waals surface area contributed by atoms with Crippen molar-refractivity contribution in [1.82, 2.24) is 14.9 Å². The third-order valence-corrected chi connectivity index (χ3v) is 5.22. The molecule has 0 spiro atoms. The minimum atomic E-state index is -0.186. The van der Waals surface area contributed by atoms with Crippen molar-refractivity contribution >= 4 is 16.6 Å². The standard InChI is InChI=1S/C21H24N4O4/c1-28-18-11-16-17(12-19(18)29-2)22-20(23-21(16)27)13-24-7-9-25(10-8-24)14-3-5-15(26)6-4-14/h3-6,11-12,26H,7-10,13H2,1-2H3,(H,22,23,27). The van der Waals surface area contributed by atoms with E-state index in [9.17, 15) is 9.90 Å². The monoisotopic (exact) mass is 396 g/mol. The molecule has 2 heterocycles. The molecule has 1 aromatic heterocycles. The number of ether oxygens (including phenoxy) is 2. The summed E-state index contributed by atoms with van der Waals surface area (Å²) in [4.78, 5) is 24.6. The van der Waals surface area contributed by atoms with Crippen molar-refractivity contribution in [2.75, 3.05) is 45.3 Å². The van der Waals surface area contributed by atoms with Crippen LogP contribution < -0.4 is 19.9 Å². The Bertz CT molecular complexity index is 1060. The summed E-state index contributed by atoms with van der Waals surface area (Å²) in [5.74, 6) is 1.96. The van der Waals surface area contributed by atoms with Gasteiger partial charge in [0.2, 0.25) is 0 Å². The van der Waals surface area contributed by atoms with E-state index in [2.05, 4.69) is 19.8 Å². The van der Waals surface area contributed by atoms with Crippen LogP contribution in [0.4, 0.5) is 5.69 Å². The Kier molecular flexibility index (Phi) is 5.26. The predicted molar refractivity (Wildman–Crippen MR) is 111 cm³/mol. The molecule has 0 amide bonds. The summed E-state index contributed by atoms with van der Waals surface area (Å²) in [6.07, 6.45) is 0. The Balaban J connectivity index is 1.48. The van der Waals surface area contributed by atoms with E-state index < -0.39 is 0 Å². The zero-order chi connectivity index (χ0) is 20.4. The molecule has 152 valence electrons. The lowest BCUT2D eigenvalue weighted by Gasteiger charge is -2.35. The molecule has 0 saturated carbocycles. The summed E-state index contributed by atoms with van der Waals surface area (Å²) < 4.78 is 10.6. The van der Waals surface area contributed by atoms with Gasteiger partial charge in [0, 0.05) is 37.9 Å². The third kappa shape index (κ3) is 3.97. The number of nitrogens with zero attached hydrogens (tertiary/aromatic N) is 3. The number of piperazine rings is 1. The van der Waals surface area contributed by atoms with E-state index in [4.69, 9.17) is 9.47 Å². The highest BCUT2D eigenvalue weighted by atomic mass is 16.5. The summed E-state index contributed by atoms with van der Waals surface area (Å²) in [7, 11) is 3.10. The van der Waals surface area contributed by atoms with Crippen LogP contribution in [0.5, 0.6) is 17.2 Å². The number of hydrogen-bond acceptors (Lipinski definition) is 7. The van der Waals surface area contributed by atoms with Gasteiger partial charge in [0.1, 0.15) is 11.6 Å². The van der Waals surface area contributed by atoms with Crippen molar-refractivity contribution in [1.29, 1.82) is 0 Å². The van der Waals surface area contributed by atoms with E-state index in [1.165, 1.54) is 7.11 Å². The summed E-state index contributed by atoms with van der Waals surface area (Å²) >= 11 is 0. The molecule has 1 fully saturated rings. The third-order valence-electron chi connectivity index (χ3n) is 5.22. The normalized spacial score (nSPS) is 14.9. The molecule has 1 saturated heterocycles. The lowest BCUT2D eigenvalue weighted by molar-refractivity contribution is 0.244. The van der Waals surface area contributed by atoms with Crippen LogP contribution in [0.1, 0.15) is 5.82 Å². The van der Waals surface area contributed by atoms with Crippen molar-refractivity contribution in [2.45, 2.75) is 6.54 Å². The predicted octanol–water partition coefficient (Wildman–Crippen LogP) is 1.97. The van der Waals surface area contributed by atoms with Gasteiger partial charge in [-0.2, -0.15) is 0 Å². The van der Waals surface area contributed by atoms with Gasteiger partial charge in [-0.3, -0.25) is 9.69 Å². The Hall–Kier alpha value is -3.26. The number of nitrogens with one attached hydrogen (secondary N) is 1. The summed E-state index contributed by atoms with van der Waals surface area (Å²) in [6, 6.07) is 10.6. The Labute approximate surface area is 168 Å². The average Bonchev–Trinajstić information content (AvgIpc) is 2.74. The number of methoxy groups -OCH3 is 2. The van der Waals surface area contributed by atoms with Gasteiger partial charge in [0.15, 0.2) is 11.5 Å². The molecular weight excluding hydrogens is 372 g/mol. The maximum Gasteiger partial charge on any atom is 0.258 e. The largest absolute Gasteiger partial charge is 0.508 e. The molecular formula is C21H24N4O4. The second kappa shape index (κ2) is 8.00. The molecule has 2 aromatic carbocycles. The van der Waals surface area contributed by atoms with Crippen molar-refractivity contribution in [3.05, 3.63) is 52.6 Å². The number of aromatic nitrogens is 2. The second-order valence-corrected chi connectivity index (χ2v) is 7.02. The van der Waals surface area contributed by atoms with Crippen molar-refractivity contribution in [3.8, 4) is 17.2 Å². The SMILES string of the molecule is COc1cc2nc(CN3CCN(c4ccc(O)cc4)CC3)[nH]c(=O)c2cc1OC. The first kappa shape index (κ1) is 19.1. The fourth-order valence-corrected chi connectivity index (χ4v) is 3.63. The van der Waals surface area contributed by atoms with Gasteiger partial charge in [-0.25, -0.2) is 4.98 Å². The Morgan fingerprint density at radius 3 is 2.34 bits per heavy atom. The lowest BCUT2D eigenvalue weighted by Crippen LogP contribution is -2.46. The number of hydrogen-bond donors (Lipinski definition) is 2. The number of anilines is 1. The van der Waals surface area contributed by atoms with Crippen LogP contribution >= 0.6 is 0 Å². The van der Waals surface area contributed by atoms with E-state index in [0.717, 1.165) is 31.9 Å². The van der Waals surface area contributed by atoms with Gasteiger partial charge in [-0.05, 0) is 30.3 Å². The molecule has 8 nitrogen and oxygen atoms in total. The molecule has 1 aliphatic heterocycles. The first-order valence-corrected chi connectivity index (χ1v) is 9.48. The van der Waals surface area contributed by atoms with Crippen LogP contribution in [0.15, 0.2) is 41.2 Å². The molecule has 0 atom stereocenters. The number of aromatic amines is 1. The van der Waals surface area contributed by atoms with Gasteiger partial charge in [-0.15, -0.1) is 0 Å². The quantitative estimate of drug-likeness (QED) is 0.681. The highest BCUT2D eigenvalue weighted by Crippen LogP contribution is 2.30. The maximum atomic E-state index is 12.5. The number of H-pyrrole nitrogens is 1. The van der Waals surface area contributed by atoms with Crippen molar-refractivity contribution in [2.24, 2.45) is 0 Å².